The van der Waals surface area contributed by atoms with Crippen LogP contribution in [0.15, 0.2) is 65.7 Å². The number of piperidine rings is 1. The van der Waals surface area contributed by atoms with Crippen molar-refractivity contribution in [3.8, 4) is 0 Å². The van der Waals surface area contributed by atoms with E-state index in [1.54, 1.807) is 30.3 Å². The van der Waals surface area contributed by atoms with Crippen molar-refractivity contribution < 1.29 is 37.1 Å². The van der Waals surface area contributed by atoms with Crippen LogP contribution in [0, 0.1) is 5.92 Å². The Morgan fingerprint density at radius 1 is 1.02 bits per heavy atom. The molecule has 0 bridgehead atoms. The van der Waals surface area contributed by atoms with Gasteiger partial charge in [-0.1, -0.05) is 48.5 Å². The van der Waals surface area contributed by atoms with Gasteiger partial charge in [-0.3, -0.25) is 15.3 Å². The maximum Gasteiger partial charge on any atom is 0.436 e. The number of primary amides is 1. The van der Waals surface area contributed by atoms with Crippen molar-refractivity contribution in [1.82, 2.24) is 14.1 Å². The fourth-order valence-electron chi connectivity index (χ4n) is 6.01. The van der Waals surface area contributed by atoms with E-state index in [9.17, 15) is 27.6 Å². The molecule has 2 fully saturated rings. The third-order valence-corrected chi connectivity index (χ3v) is 10.3. The van der Waals surface area contributed by atoms with Gasteiger partial charge >= 0.3 is 12.1 Å². The zero-order chi connectivity index (χ0) is 35.8. The first-order valence-electron chi connectivity index (χ1n) is 16.3. The van der Waals surface area contributed by atoms with E-state index in [4.69, 9.17) is 20.9 Å². The quantitative estimate of drug-likeness (QED) is 0.135. The third-order valence-electron chi connectivity index (χ3n) is 9.02. The number of sulfonamides is 1. The SMILES string of the molecule is C[C@H](OC(=O)c1ccccc1)[C@@](C)(N)OC(=O)N=CN1CCC(CN([C@H](Cc2ccccc2)C(=O)N2CCC[C@H]2C(N)=O)S(C)(=O)=O)CC1. The van der Waals surface area contributed by atoms with Crippen LogP contribution in [0.2, 0.25) is 0 Å². The molecule has 15 heteroatoms. The summed E-state index contributed by atoms with van der Waals surface area (Å²) in [6.07, 6.45) is 2.83. The predicted molar refractivity (Wildman–Crippen MR) is 183 cm³/mol. The molecule has 0 aliphatic carbocycles. The van der Waals surface area contributed by atoms with Crippen LogP contribution in [0.4, 0.5) is 4.79 Å². The molecule has 2 aliphatic rings. The molecule has 0 unspecified atom stereocenters. The van der Waals surface area contributed by atoms with Gasteiger partial charge in [-0.05, 0) is 69.6 Å². The highest BCUT2D eigenvalue weighted by Gasteiger charge is 2.42. The van der Waals surface area contributed by atoms with Gasteiger partial charge in [-0.15, -0.1) is 0 Å². The summed E-state index contributed by atoms with van der Waals surface area (Å²) < 4.78 is 38.4. The monoisotopic (exact) mass is 698 g/mol. The lowest BCUT2D eigenvalue weighted by Crippen LogP contribution is -2.56. The zero-order valence-corrected chi connectivity index (χ0v) is 29.0. The van der Waals surface area contributed by atoms with Crippen LogP contribution in [0.3, 0.4) is 0 Å². The molecule has 2 heterocycles. The molecular weight excluding hydrogens is 652 g/mol. The van der Waals surface area contributed by atoms with Crippen molar-refractivity contribution in [1.29, 1.82) is 0 Å². The van der Waals surface area contributed by atoms with Gasteiger partial charge in [-0.2, -0.15) is 9.30 Å². The van der Waals surface area contributed by atoms with Gasteiger partial charge in [0, 0.05) is 26.2 Å². The van der Waals surface area contributed by atoms with Crippen molar-refractivity contribution in [2.45, 2.75) is 69.9 Å². The number of benzene rings is 2. The molecule has 2 aromatic rings. The Hall–Kier alpha value is -4.34. The van der Waals surface area contributed by atoms with Crippen molar-refractivity contribution in [3.63, 3.8) is 0 Å². The van der Waals surface area contributed by atoms with Crippen LogP contribution in [0.5, 0.6) is 0 Å². The summed E-state index contributed by atoms with van der Waals surface area (Å²) in [6.45, 7) is 4.30. The highest BCUT2D eigenvalue weighted by Crippen LogP contribution is 2.26. The lowest BCUT2D eigenvalue weighted by Gasteiger charge is -2.37. The average molecular weight is 699 g/mol. The lowest BCUT2D eigenvalue weighted by atomic mass is 9.96. The summed E-state index contributed by atoms with van der Waals surface area (Å²) in [4.78, 5) is 58.1. The highest BCUT2D eigenvalue weighted by atomic mass is 32.2. The maximum atomic E-state index is 14.0. The number of carbonyl (C=O) groups excluding carboxylic acids is 4. The van der Waals surface area contributed by atoms with Crippen LogP contribution in [-0.2, 0) is 35.5 Å². The molecule has 49 heavy (non-hydrogen) atoms. The summed E-state index contributed by atoms with van der Waals surface area (Å²) in [5.74, 6) is -1.74. The standard InChI is InChI=1S/C34H46N6O8S/c1-24(47-32(43)27-13-8-5-9-14-27)34(2,36)48-33(44)37-23-38-19-16-26(17-20-38)22-40(49(3,45)46)29(21-25-11-6-4-7-12-25)31(42)39-18-10-15-28(39)30(35)41/h4-9,11-14,23-24,26,28-29H,10,15-22,36H2,1-3H3,(H2,35,41)/t24-,28-,29+,34-/m0/s1. The van der Waals surface area contributed by atoms with Gasteiger partial charge in [-0.25, -0.2) is 18.0 Å². The van der Waals surface area contributed by atoms with E-state index in [2.05, 4.69) is 4.99 Å². The summed E-state index contributed by atoms with van der Waals surface area (Å²) in [5.41, 5.74) is 11.2. The number of hydrogen-bond acceptors (Lipinski definition) is 9. The van der Waals surface area contributed by atoms with E-state index in [-0.39, 0.29) is 18.9 Å². The zero-order valence-electron chi connectivity index (χ0n) is 28.1. The van der Waals surface area contributed by atoms with E-state index in [1.165, 1.54) is 29.4 Å². The van der Waals surface area contributed by atoms with E-state index in [0.29, 0.717) is 50.9 Å². The highest BCUT2D eigenvalue weighted by molar-refractivity contribution is 7.88. The summed E-state index contributed by atoms with van der Waals surface area (Å²) in [5, 5.41) is 0. The van der Waals surface area contributed by atoms with Crippen molar-refractivity contribution in [3.05, 3.63) is 71.8 Å². The number of carbonyl (C=O) groups is 4. The van der Waals surface area contributed by atoms with E-state index in [0.717, 1.165) is 11.8 Å². The second-order valence-corrected chi connectivity index (χ2v) is 14.8. The molecule has 0 radical (unpaired) electrons. The Bertz CT molecular complexity index is 1600. The first-order chi connectivity index (χ1) is 23.2. The minimum atomic E-state index is -3.85. The second kappa shape index (κ2) is 16.4. The summed E-state index contributed by atoms with van der Waals surface area (Å²) in [7, 11) is -3.85. The number of rotatable bonds is 13. The van der Waals surface area contributed by atoms with Crippen molar-refractivity contribution >= 4 is 40.2 Å². The van der Waals surface area contributed by atoms with Gasteiger partial charge in [0.25, 0.3) is 0 Å². The minimum absolute atomic E-state index is 0.0876. The number of likely N-dealkylation sites (tertiary alicyclic amines) is 2. The maximum absolute atomic E-state index is 14.0. The van der Waals surface area contributed by atoms with Gasteiger partial charge in [0.05, 0.1) is 18.2 Å². The van der Waals surface area contributed by atoms with Crippen LogP contribution in [0.1, 0.15) is 55.5 Å². The normalized spacial score (nSPS) is 19.7. The molecule has 266 valence electrons. The van der Waals surface area contributed by atoms with Gasteiger partial charge in [0.1, 0.15) is 12.1 Å². The fourth-order valence-corrected chi connectivity index (χ4v) is 7.12. The van der Waals surface area contributed by atoms with E-state index < -0.39 is 57.8 Å². The van der Waals surface area contributed by atoms with Gasteiger partial charge in [0.2, 0.25) is 21.8 Å². The minimum Gasteiger partial charge on any atom is -0.453 e. The topological polar surface area (TPSA) is 195 Å². The van der Waals surface area contributed by atoms with Gasteiger partial charge in [0.15, 0.2) is 11.8 Å². The lowest BCUT2D eigenvalue weighted by molar-refractivity contribution is -0.140. The molecule has 4 atom stereocenters. The number of nitrogens with zero attached hydrogens (tertiary/aromatic N) is 4. The molecule has 2 saturated heterocycles. The number of hydrogen-bond donors (Lipinski definition) is 2. The van der Waals surface area contributed by atoms with Gasteiger partial charge < -0.3 is 25.0 Å². The van der Waals surface area contributed by atoms with Crippen molar-refractivity contribution in [2.75, 3.05) is 32.4 Å². The summed E-state index contributed by atoms with van der Waals surface area (Å²) in [6, 6.07) is 15.7. The Balaban J connectivity index is 1.37. The van der Waals surface area contributed by atoms with Crippen LogP contribution >= 0.6 is 0 Å². The number of nitrogens with two attached hydrogens (primary N) is 2. The fraction of sp³-hybridized carbons (Fsp3) is 0.500. The van der Waals surface area contributed by atoms with Crippen LogP contribution in [0.25, 0.3) is 0 Å². The molecule has 2 aliphatic heterocycles. The molecule has 4 N–H and O–H groups in total. The molecule has 2 aromatic carbocycles. The molecule has 0 spiro atoms. The first-order valence-corrected chi connectivity index (χ1v) is 18.2. The molecule has 14 nitrogen and oxygen atoms in total. The molecular formula is C34H46N6O8S. The third kappa shape index (κ3) is 10.3. The van der Waals surface area contributed by atoms with Crippen molar-refractivity contribution in [2.24, 2.45) is 22.4 Å². The first kappa shape index (κ1) is 37.5. The molecule has 4 rings (SSSR count). The Morgan fingerprint density at radius 2 is 1.63 bits per heavy atom. The smallest absolute Gasteiger partial charge is 0.436 e. The van der Waals surface area contributed by atoms with E-state index in [1.807, 2.05) is 35.2 Å². The van der Waals surface area contributed by atoms with Crippen LogP contribution < -0.4 is 11.5 Å². The Labute approximate surface area is 287 Å². The average Bonchev–Trinajstić information content (AvgIpc) is 3.56. The molecule has 0 saturated carbocycles. The number of amides is 3. The Kier molecular flexibility index (Phi) is 12.5. The molecule has 0 aromatic heterocycles. The predicted octanol–water partition coefficient (Wildman–Crippen LogP) is 2.13. The number of ether oxygens (including phenoxy) is 2. The number of aliphatic imine (C=N–C) groups is 1. The summed E-state index contributed by atoms with van der Waals surface area (Å²) >= 11 is 0. The van der Waals surface area contributed by atoms with E-state index >= 15 is 0 Å². The second-order valence-electron chi connectivity index (χ2n) is 12.8. The Morgan fingerprint density at radius 3 is 2.22 bits per heavy atom. The molecule has 3 amide bonds. The van der Waals surface area contributed by atoms with Crippen LogP contribution in [-0.4, -0.2) is 109 Å². The number of esters is 1. The largest absolute Gasteiger partial charge is 0.453 e.